The average Bonchev–Trinajstić information content (AvgIpc) is 3.35. The number of hydrazone groups is 1. The van der Waals surface area contributed by atoms with Crippen LogP contribution in [0.4, 0.5) is 0 Å². The van der Waals surface area contributed by atoms with Crippen LogP contribution in [0.15, 0.2) is 96.1 Å². The second-order valence-corrected chi connectivity index (χ2v) is 9.20. The maximum Gasteiger partial charge on any atom is 0.345 e. The molecule has 2 N–H and O–H groups in total. The second kappa shape index (κ2) is 11.4. The summed E-state index contributed by atoms with van der Waals surface area (Å²) in [6.45, 7) is 0. The van der Waals surface area contributed by atoms with E-state index in [0.29, 0.717) is 27.5 Å². The van der Waals surface area contributed by atoms with Gasteiger partial charge >= 0.3 is 5.97 Å². The number of fused-ring (bicyclic) bond motifs is 1. The number of benzene rings is 4. The number of nitrogens with zero attached hydrogens (tertiary/aromatic N) is 1. The third-order valence-corrected chi connectivity index (χ3v) is 6.58. The van der Waals surface area contributed by atoms with Gasteiger partial charge in [0.25, 0.3) is 5.91 Å². The molecule has 0 aliphatic carbocycles. The minimum atomic E-state index is -0.611. The Morgan fingerprint density at radius 3 is 2.38 bits per heavy atom. The maximum atomic E-state index is 13.2. The van der Waals surface area contributed by atoms with E-state index in [9.17, 15) is 9.59 Å². The smallest absolute Gasteiger partial charge is 0.345 e. The molecule has 0 aliphatic heterocycles. The molecule has 0 radical (unpaired) electrons. The predicted octanol–water partition coefficient (Wildman–Crippen LogP) is 7.13. The molecule has 0 unspecified atom stereocenters. The normalized spacial score (nSPS) is 11.1. The first-order valence-electron chi connectivity index (χ1n) is 11.8. The largest absolute Gasteiger partial charge is 0.493 e. The van der Waals surface area contributed by atoms with Gasteiger partial charge in [0.1, 0.15) is 5.69 Å². The van der Waals surface area contributed by atoms with Crippen molar-refractivity contribution in [3.05, 3.63) is 118 Å². The van der Waals surface area contributed by atoms with Crippen molar-refractivity contribution in [1.82, 2.24) is 10.4 Å². The van der Waals surface area contributed by atoms with E-state index >= 15 is 0 Å². The van der Waals surface area contributed by atoms with Crippen LogP contribution in [0.1, 0.15) is 26.4 Å². The van der Waals surface area contributed by atoms with Crippen LogP contribution in [0.2, 0.25) is 10.0 Å². The van der Waals surface area contributed by atoms with Crippen LogP contribution < -0.4 is 14.9 Å². The number of halogens is 2. The first-order valence-corrected chi connectivity index (χ1v) is 12.6. The quantitative estimate of drug-likeness (QED) is 0.0962. The lowest BCUT2D eigenvalue weighted by Crippen LogP contribution is -2.18. The monoisotopic (exact) mass is 557 g/mol. The average molecular weight is 558 g/mol. The molecule has 0 bridgehead atoms. The summed E-state index contributed by atoms with van der Waals surface area (Å²) in [5, 5.41) is 5.74. The van der Waals surface area contributed by atoms with Gasteiger partial charge in [-0.15, -0.1) is 0 Å². The first kappa shape index (κ1) is 26.0. The standard InChI is InChI=1S/C30H21Cl2N3O4/c1-38-25-16-18(14-15-24(25)39-30(37)20-10-5-6-12-22(20)31)17-33-35-29(36)28-26(19-8-3-2-4-9-19)21-11-7-13-23(32)27(21)34-28/h2-17,34H,1H3,(H,35,36). The number of carbonyl (C=O) groups is 2. The van der Waals surface area contributed by atoms with Crippen molar-refractivity contribution in [2.24, 2.45) is 5.10 Å². The van der Waals surface area contributed by atoms with Gasteiger partial charge < -0.3 is 14.5 Å². The van der Waals surface area contributed by atoms with Crippen molar-refractivity contribution in [2.45, 2.75) is 0 Å². The third kappa shape index (κ3) is 5.50. The Morgan fingerprint density at radius 1 is 0.872 bits per heavy atom. The van der Waals surface area contributed by atoms with Gasteiger partial charge in [0, 0.05) is 10.9 Å². The fourth-order valence-corrected chi connectivity index (χ4v) is 4.54. The highest BCUT2D eigenvalue weighted by Gasteiger charge is 2.20. The number of ether oxygens (including phenoxy) is 2. The van der Waals surface area contributed by atoms with Gasteiger partial charge in [-0.05, 0) is 47.5 Å². The molecule has 5 aromatic rings. The molecule has 9 heteroatoms. The summed E-state index contributed by atoms with van der Waals surface area (Å²) in [7, 11) is 1.46. The minimum Gasteiger partial charge on any atom is -0.493 e. The molecule has 0 fully saturated rings. The maximum absolute atomic E-state index is 13.2. The molecule has 5 rings (SSSR count). The number of aromatic amines is 1. The van der Waals surface area contributed by atoms with Crippen molar-refractivity contribution in [2.75, 3.05) is 7.11 Å². The first-order chi connectivity index (χ1) is 19.0. The van der Waals surface area contributed by atoms with E-state index in [1.165, 1.54) is 13.3 Å². The van der Waals surface area contributed by atoms with Gasteiger partial charge in [-0.2, -0.15) is 5.10 Å². The van der Waals surface area contributed by atoms with Crippen LogP contribution >= 0.6 is 23.2 Å². The van der Waals surface area contributed by atoms with Crippen LogP contribution in [-0.2, 0) is 0 Å². The molecule has 1 heterocycles. The van der Waals surface area contributed by atoms with E-state index in [4.69, 9.17) is 32.7 Å². The lowest BCUT2D eigenvalue weighted by Gasteiger charge is -2.10. The Morgan fingerprint density at radius 2 is 1.62 bits per heavy atom. The molecule has 7 nitrogen and oxygen atoms in total. The second-order valence-electron chi connectivity index (χ2n) is 8.38. The van der Waals surface area contributed by atoms with E-state index in [2.05, 4.69) is 15.5 Å². The zero-order valence-corrected chi connectivity index (χ0v) is 22.1. The molecule has 0 spiro atoms. The van der Waals surface area contributed by atoms with Gasteiger partial charge in [0.2, 0.25) is 0 Å². The van der Waals surface area contributed by atoms with Crippen molar-refractivity contribution >= 4 is 52.2 Å². The summed E-state index contributed by atoms with van der Waals surface area (Å²) < 4.78 is 10.9. The van der Waals surface area contributed by atoms with Gasteiger partial charge in [0.05, 0.1) is 34.4 Å². The molecule has 0 saturated heterocycles. The predicted molar refractivity (Wildman–Crippen MR) is 153 cm³/mol. The number of para-hydroxylation sites is 1. The summed E-state index contributed by atoms with van der Waals surface area (Å²) in [5.74, 6) is -0.525. The molecule has 194 valence electrons. The highest BCUT2D eigenvalue weighted by atomic mass is 35.5. The number of esters is 1. The van der Waals surface area contributed by atoms with Crippen LogP contribution in [-0.4, -0.2) is 30.2 Å². The fourth-order valence-electron chi connectivity index (χ4n) is 4.11. The molecule has 0 aliphatic rings. The number of rotatable bonds is 7. The Hall–Kier alpha value is -4.59. The van der Waals surface area contributed by atoms with Crippen LogP contribution in [0.3, 0.4) is 0 Å². The van der Waals surface area contributed by atoms with E-state index in [1.807, 2.05) is 42.5 Å². The van der Waals surface area contributed by atoms with Gasteiger partial charge in [-0.1, -0.05) is 77.8 Å². The van der Waals surface area contributed by atoms with Crippen LogP contribution in [0, 0.1) is 0 Å². The van der Waals surface area contributed by atoms with E-state index in [1.54, 1.807) is 48.5 Å². The topological polar surface area (TPSA) is 92.8 Å². The summed E-state index contributed by atoms with van der Waals surface area (Å²) in [5.41, 5.74) is 6.00. The Balaban J connectivity index is 1.36. The number of aromatic nitrogens is 1. The Bertz CT molecular complexity index is 1710. The van der Waals surface area contributed by atoms with Crippen molar-refractivity contribution in [3.63, 3.8) is 0 Å². The highest BCUT2D eigenvalue weighted by molar-refractivity contribution is 6.36. The molecular formula is C30H21Cl2N3O4. The zero-order chi connectivity index (χ0) is 27.4. The van der Waals surface area contributed by atoms with Crippen molar-refractivity contribution < 1.29 is 19.1 Å². The molecule has 4 aromatic carbocycles. The molecular weight excluding hydrogens is 537 g/mol. The molecule has 0 atom stereocenters. The number of methoxy groups -OCH3 is 1. The van der Waals surface area contributed by atoms with Crippen LogP contribution in [0.25, 0.3) is 22.0 Å². The number of amides is 1. The third-order valence-electron chi connectivity index (χ3n) is 5.94. The molecule has 1 aromatic heterocycles. The van der Waals surface area contributed by atoms with Gasteiger partial charge in [-0.3, -0.25) is 4.79 Å². The summed E-state index contributed by atoms with van der Waals surface area (Å²) in [6.07, 6.45) is 1.46. The number of nitrogens with one attached hydrogen (secondary N) is 2. The highest BCUT2D eigenvalue weighted by Crippen LogP contribution is 2.35. The van der Waals surface area contributed by atoms with Crippen molar-refractivity contribution in [1.29, 1.82) is 0 Å². The van der Waals surface area contributed by atoms with E-state index < -0.39 is 11.9 Å². The fraction of sp³-hybridized carbons (Fsp3) is 0.0333. The van der Waals surface area contributed by atoms with E-state index in [0.717, 1.165) is 16.5 Å². The lowest BCUT2D eigenvalue weighted by molar-refractivity contribution is 0.0729. The summed E-state index contributed by atoms with van der Waals surface area (Å²) >= 11 is 12.5. The summed E-state index contributed by atoms with van der Waals surface area (Å²) in [6, 6.07) is 26.6. The SMILES string of the molecule is COc1cc(C=NNC(=O)c2[nH]c3c(Cl)cccc3c2-c2ccccc2)ccc1OC(=O)c1ccccc1Cl. The lowest BCUT2D eigenvalue weighted by atomic mass is 10.0. The number of hydrogen-bond acceptors (Lipinski definition) is 5. The Labute approximate surface area is 234 Å². The zero-order valence-electron chi connectivity index (χ0n) is 20.6. The van der Waals surface area contributed by atoms with Gasteiger partial charge in [0.15, 0.2) is 11.5 Å². The van der Waals surface area contributed by atoms with E-state index in [-0.39, 0.29) is 16.3 Å². The number of H-pyrrole nitrogens is 1. The van der Waals surface area contributed by atoms with Gasteiger partial charge in [-0.25, -0.2) is 10.2 Å². The Kier molecular flexibility index (Phi) is 7.63. The molecule has 0 saturated carbocycles. The molecule has 1 amide bonds. The van der Waals surface area contributed by atoms with Crippen molar-refractivity contribution in [3.8, 4) is 22.6 Å². The number of hydrogen-bond donors (Lipinski definition) is 2. The summed E-state index contributed by atoms with van der Waals surface area (Å²) in [4.78, 5) is 28.9. The number of carbonyl (C=O) groups excluding carboxylic acids is 2. The molecule has 39 heavy (non-hydrogen) atoms. The van der Waals surface area contributed by atoms with Crippen LogP contribution in [0.5, 0.6) is 11.5 Å². The minimum absolute atomic E-state index is 0.214.